The van der Waals surface area contributed by atoms with Gasteiger partial charge in [0, 0.05) is 29.8 Å². The number of carbonyl (C=O) groups excluding carboxylic acids is 1. The van der Waals surface area contributed by atoms with Gasteiger partial charge in [-0.15, -0.1) is 0 Å². The summed E-state index contributed by atoms with van der Waals surface area (Å²) in [5.74, 6) is 0.344. The van der Waals surface area contributed by atoms with Crippen molar-refractivity contribution in [2.45, 2.75) is 26.8 Å². The average Bonchev–Trinajstić information content (AvgIpc) is 2.83. The first-order valence-electron chi connectivity index (χ1n) is 7.86. The SMILES string of the molecule is Cc1cc(Cl)ccc1NC(=O)N1C[C@@H](NS(C)(=O)=O)[C@H](C(C)C)C1. The molecule has 1 heterocycles. The number of hydrogen-bond donors (Lipinski definition) is 2. The van der Waals surface area contributed by atoms with Crippen LogP contribution in [0.1, 0.15) is 19.4 Å². The van der Waals surface area contributed by atoms with Crippen LogP contribution in [-0.2, 0) is 10.0 Å². The number of halogens is 1. The summed E-state index contributed by atoms with van der Waals surface area (Å²) in [4.78, 5) is 14.2. The number of anilines is 1. The fourth-order valence-corrected chi connectivity index (χ4v) is 4.06. The summed E-state index contributed by atoms with van der Waals surface area (Å²) in [6.45, 7) is 6.81. The van der Waals surface area contributed by atoms with Crippen molar-refractivity contribution < 1.29 is 13.2 Å². The molecule has 0 spiro atoms. The van der Waals surface area contributed by atoms with Crippen LogP contribution in [0.4, 0.5) is 10.5 Å². The smallest absolute Gasteiger partial charge is 0.321 e. The molecule has 1 fully saturated rings. The van der Waals surface area contributed by atoms with E-state index >= 15 is 0 Å². The lowest BCUT2D eigenvalue weighted by molar-refractivity contribution is 0.219. The van der Waals surface area contributed by atoms with Crippen molar-refractivity contribution in [3.05, 3.63) is 28.8 Å². The molecule has 134 valence electrons. The van der Waals surface area contributed by atoms with Crippen LogP contribution in [0.5, 0.6) is 0 Å². The van der Waals surface area contributed by atoms with Crippen LogP contribution >= 0.6 is 11.6 Å². The third-order valence-corrected chi connectivity index (χ3v) is 5.27. The number of amides is 2. The van der Waals surface area contributed by atoms with E-state index in [4.69, 9.17) is 11.6 Å². The lowest BCUT2D eigenvalue weighted by Crippen LogP contribution is -2.42. The first-order chi connectivity index (χ1) is 11.1. The van der Waals surface area contributed by atoms with E-state index in [2.05, 4.69) is 10.0 Å². The van der Waals surface area contributed by atoms with Crippen LogP contribution < -0.4 is 10.0 Å². The first kappa shape index (κ1) is 19.0. The van der Waals surface area contributed by atoms with Crippen LogP contribution in [0.25, 0.3) is 0 Å². The molecule has 2 atom stereocenters. The van der Waals surface area contributed by atoms with Gasteiger partial charge >= 0.3 is 6.03 Å². The maximum absolute atomic E-state index is 12.5. The quantitative estimate of drug-likeness (QED) is 0.851. The topological polar surface area (TPSA) is 78.5 Å². The molecule has 24 heavy (non-hydrogen) atoms. The summed E-state index contributed by atoms with van der Waals surface area (Å²) in [6, 6.07) is 4.77. The van der Waals surface area contributed by atoms with Crippen LogP contribution in [0.3, 0.4) is 0 Å². The van der Waals surface area contributed by atoms with E-state index in [0.717, 1.165) is 11.8 Å². The van der Waals surface area contributed by atoms with Gasteiger partial charge < -0.3 is 10.2 Å². The molecule has 2 rings (SSSR count). The number of urea groups is 1. The van der Waals surface area contributed by atoms with E-state index in [0.29, 0.717) is 23.8 Å². The molecule has 0 bridgehead atoms. The van der Waals surface area contributed by atoms with Gasteiger partial charge in [-0.1, -0.05) is 25.4 Å². The summed E-state index contributed by atoms with van der Waals surface area (Å²) >= 11 is 5.93. The van der Waals surface area contributed by atoms with Crippen molar-refractivity contribution in [1.82, 2.24) is 9.62 Å². The van der Waals surface area contributed by atoms with Crippen LogP contribution in [-0.4, -0.2) is 44.7 Å². The highest BCUT2D eigenvalue weighted by Crippen LogP contribution is 2.26. The van der Waals surface area contributed by atoms with Gasteiger partial charge in [0.1, 0.15) is 0 Å². The average molecular weight is 374 g/mol. The molecular formula is C16H24ClN3O3S. The third-order valence-electron chi connectivity index (χ3n) is 4.30. The van der Waals surface area contributed by atoms with E-state index in [1.165, 1.54) is 0 Å². The van der Waals surface area contributed by atoms with Crippen LogP contribution in [0.2, 0.25) is 5.02 Å². The molecule has 1 aromatic carbocycles. The molecule has 2 amide bonds. The molecule has 8 heteroatoms. The number of nitrogens with zero attached hydrogens (tertiary/aromatic N) is 1. The fourth-order valence-electron chi connectivity index (χ4n) is 3.03. The molecule has 0 unspecified atom stereocenters. The third kappa shape index (κ3) is 4.84. The van der Waals surface area contributed by atoms with Crippen LogP contribution in [0, 0.1) is 18.8 Å². The lowest BCUT2D eigenvalue weighted by atomic mass is 9.92. The molecule has 0 radical (unpaired) electrons. The normalized spacial score (nSPS) is 21.3. The van der Waals surface area contributed by atoms with Crippen LogP contribution in [0.15, 0.2) is 18.2 Å². The Morgan fingerprint density at radius 3 is 2.54 bits per heavy atom. The maximum Gasteiger partial charge on any atom is 0.321 e. The largest absolute Gasteiger partial charge is 0.323 e. The van der Waals surface area contributed by atoms with Gasteiger partial charge in [-0.3, -0.25) is 0 Å². The van der Waals surface area contributed by atoms with E-state index in [-0.39, 0.29) is 23.9 Å². The monoisotopic (exact) mass is 373 g/mol. The number of sulfonamides is 1. The second-order valence-corrected chi connectivity index (χ2v) is 8.92. The summed E-state index contributed by atoms with van der Waals surface area (Å²) in [5, 5.41) is 3.49. The van der Waals surface area contributed by atoms with E-state index in [1.807, 2.05) is 20.8 Å². The zero-order valence-electron chi connectivity index (χ0n) is 14.3. The molecule has 1 aliphatic rings. The van der Waals surface area contributed by atoms with Gasteiger partial charge in [-0.2, -0.15) is 0 Å². The maximum atomic E-state index is 12.5. The molecule has 1 saturated heterocycles. The van der Waals surface area contributed by atoms with Crippen molar-refractivity contribution in [1.29, 1.82) is 0 Å². The summed E-state index contributed by atoms with van der Waals surface area (Å²) in [5.41, 5.74) is 1.58. The van der Waals surface area contributed by atoms with Gasteiger partial charge in [0.2, 0.25) is 10.0 Å². The van der Waals surface area contributed by atoms with Gasteiger partial charge in [0.25, 0.3) is 0 Å². The van der Waals surface area contributed by atoms with E-state index in [9.17, 15) is 13.2 Å². The first-order valence-corrected chi connectivity index (χ1v) is 10.1. The Bertz CT molecular complexity index is 721. The highest BCUT2D eigenvalue weighted by Gasteiger charge is 2.38. The summed E-state index contributed by atoms with van der Waals surface area (Å²) < 4.78 is 25.8. The molecule has 0 aromatic heterocycles. The molecular weight excluding hydrogens is 350 g/mol. The molecule has 0 saturated carbocycles. The number of nitrogens with one attached hydrogen (secondary N) is 2. The van der Waals surface area contributed by atoms with Crippen molar-refractivity contribution in [2.24, 2.45) is 11.8 Å². The highest BCUT2D eigenvalue weighted by atomic mass is 35.5. The van der Waals surface area contributed by atoms with Gasteiger partial charge in [0.15, 0.2) is 0 Å². The zero-order valence-corrected chi connectivity index (χ0v) is 15.9. The Balaban J connectivity index is 2.10. The number of aryl methyl sites for hydroxylation is 1. The second-order valence-electron chi connectivity index (χ2n) is 6.70. The zero-order chi connectivity index (χ0) is 18.1. The minimum Gasteiger partial charge on any atom is -0.323 e. The Morgan fingerprint density at radius 1 is 1.33 bits per heavy atom. The predicted octanol–water partition coefficient (Wildman–Crippen LogP) is 2.69. The molecule has 2 N–H and O–H groups in total. The number of carbonyl (C=O) groups is 1. The lowest BCUT2D eigenvalue weighted by Gasteiger charge is -2.21. The minimum absolute atomic E-state index is 0.0804. The van der Waals surface area contributed by atoms with Crippen molar-refractivity contribution in [3.63, 3.8) is 0 Å². The fraction of sp³-hybridized carbons (Fsp3) is 0.562. The molecule has 0 aliphatic carbocycles. The second kappa shape index (κ2) is 7.29. The molecule has 6 nitrogen and oxygen atoms in total. The number of rotatable bonds is 4. The Labute approximate surface area is 148 Å². The molecule has 1 aliphatic heterocycles. The Morgan fingerprint density at radius 2 is 2.00 bits per heavy atom. The van der Waals surface area contributed by atoms with Gasteiger partial charge in [0.05, 0.1) is 6.26 Å². The Kier molecular flexibility index (Phi) is 5.78. The minimum atomic E-state index is -3.32. The number of hydrogen-bond acceptors (Lipinski definition) is 3. The summed E-state index contributed by atoms with van der Waals surface area (Å²) in [7, 11) is -3.32. The van der Waals surface area contributed by atoms with E-state index in [1.54, 1.807) is 23.1 Å². The van der Waals surface area contributed by atoms with Gasteiger partial charge in [-0.05, 0) is 42.5 Å². The number of likely N-dealkylation sites (tertiary alicyclic amines) is 1. The summed E-state index contributed by atoms with van der Waals surface area (Å²) in [6.07, 6.45) is 1.14. The van der Waals surface area contributed by atoms with Crippen molar-refractivity contribution in [2.75, 3.05) is 24.7 Å². The Hall–Kier alpha value is -1.31. The van der Waals surface area contributed by atoms with Gasteiger partial charge in [-0.25, -0.2) is 17.9 Å². The van der Waals surface area contributed by atoms with Crippen molar-refractivity contribution >= 4 is 33.3 Å². The standard InChI is InChI=1S/C16H24ClN3O3S/c1-10(2)13-8-20(9-15(13)19-24(4,22)23)16(21)18-14-6-5-12(17)7-11(14)3/h5-7,10,13,15,19H,8-9H2,1-4H3,(H,18,21)/t13-,15+/m0/s1. The molecule has 1 aromatic rings. The van der Waals surface area contributed by atoms with E-state index < -0.39 is 10.0 Å². The predicted molar refractivity (Wildman–Crippen MR) is 96.9 cm³/mol. The van der Waals surface area contributed by atoms with Crippen molar-refractivity contribution in [3.8, 4) is 0 Å². The number of benzene rings is 1. The highest BCUT2D eigenvalue weighted by molar-refractivity contribution is 7.88.